The molecular weight excluding hydrogens is 504 g/mol. The molecule has 194 valence electrons. The summed E-state index contributed by atoms with van der Waals surface area (Å²) in [5.74, 6) is -2.15. The van der Waals surface area contributed by atoms with Crippen LogP contribution in [0, 0.1) is 22.0 Å². The van der Waals surface area contributed by atoms with Crippen molar-refractivity contribution in [1.29, 1.82) is 0 Å². The SMILES string of the molecule is O=C(Nc1ccc([N+](=O)[O-])cc1)[C@@H]1[C@H]2C(=O)N(c3ccc4c(c3)OCO4)C(=O)[C@@H]2[C@H]2C=Cc3ccccc3N21. The van der Waals surface area contributed by atoms with Gasteiger partial charge in [0, 0.05) is 29.6 Å². The Labute approximate surface area is 221 Å². The van der Waals surface area contributed by atoms with Crippen LogP contribution in [0.3, 0.4) is 0 Å². The molecule has 7 rings (SSSR count). The molecule has 3 amide bonds. The summed E-state index contributed by atoms with van der Waals surface area (Å²) in [5, 5.41) is 13.8. The summed E-state index contributed by atoms with van der Waals surface area (Å²) in [4.78, 5) is 55.2. The van der Waals surface area contributed by atoms with E-state index in [1.807, 2.05) is 41.3 Å². The van der Waals surface area contributed by atoms with Crippen molar-refractivity contribution in [3.63, 3.8) is 0 Å². The van der Waals surface area contributed by atoms with Gasteiger partial charge in [-0.15, -0.1) is 0 Å². The Morgan fingerprint density at radius 3 is 2.49 bits per heavy atom. The van der Waals surface area contributed by atoms with E-state index in [-0.39, 0.29) is 12.5 Å². The molecule has 0 saturated carbocycles. The quantitative estimate of drug-likeness (QED) is 0.312. The first-order chi connectivity index (χ1) is 18.9. The summed E-state index contributed by atoms with van der Waals surface area (Å²) < 4.78 is 10.8. The second kappa shape index (κ2) is 8.42. The molecule has 4 aliphatic heterocycles. The van der Waals surface area contributed by atoms with Gasteiger partial charge in [0.05, 0.1) is 28.5 Å². The average molecular weight is 524 g/mol. The molecule has 2 saturated heterocycles. The summed E-state index contributed by atoms with van der Waals surface area (Å²) in [6.45, 7) is 0.0536. The van der Waals surface area contributed by atoms with Gasteiger partial charge < -0.3 is 19.7 Å². The van der Waals surface area contributed by atoms with Crippen molar-refractivity contribution in [3.05, 3.63) is 88.5 Å². The van der Waals surface area contributed by atoms with Gasteiger partial charge in [0.15, 0.2) is 11.5 Å². The summed E-state index contributed by atoms with van der Waals surface area (Å²) in [6, 6.07) is 16.3. The van der Waals surface area contributed by atoms with Gasteiger partial charge >= 0.3 is 0 Å². The number of nitro benzene ring substituents is 1. The van der Waals surface area contributed by atoms with Gasteiger partial charge in [0.2, 0.25) is 24.5 Å². The monoisotopic (exact) mass is 524 g/mol. The van der Waals surface area contributed by atoms with Crippen LogP contribution in [-0.2, 0) is 14.4 Å². The highest BCUT2D eigenvalue weighted by molar-refractivity contribution is 6.25. The molecule has 4 heterocycles. The van der Waals surface area contributed by atoms with E-state index in [0.29, 0.717) is 22.9 Å². The third kappa shape index (κ3) is 3.39. The number of imide groups is 1. The standard InChI is InChI=1S/C28H20N4O7/c33-26(29-16-6-8-17(9-7-16)32(36)37)25-24-23(20-11-5-15-3-1-2-4-19(15)31(20)25)27(34)30(28(24)35)18-10-12-21-22(13-18)39-14-38-21/h1-13,20,23-25H,14H2,(H,29,33)/t20-,23-,24+,25+/m1/s1. The Bertz CT molecular complexity index is 1600. The number of hydrogen-bond donors (Lipinski definition) is 1. The number of amides is 3. The first kappa shape index (κ1) is 23.0. The van der Waals surface area contributed by atoms with Crippen molar-refractivity contribution in [2.24, 2.45) is 11.8 Å². The van der Waals surface area contributed by atoms with Crippen LogP contribution < -0.4 is 24.6 Å². The first-order valence-electron chi connectivity index (χ1n) is 12.3. The smallest absolute Gasteiger partial charge is 0.269 e. The van der Waals surface area contributed by atoms with Crippen LogP contribution in [0.4, 0.5) is 22.7 Å². The second-order valence-electron chi connectivity index (χ2n) is 9.65. The lowest BCUT2D eigenvalue weighted by Crippen LogP contribution is -2.50. The van der Waals surface area contributed by atoms with Crippen LogP contribution in [0.15, 0.2) is 72.8 Å². The van der Waals surface area contributed by atoms with Crippen molar-refractivity contribution >= 4 is 46.5 Å². The molecule has 0 aliphatic carbocycles. The maximum Gasteiger partial charge on any atom is 0.269 e. The van der Waals surface area contributed by atoms with Crippen LogP contribution in [0.2, 0.25) is 0 Å². The van der Waals surface area contributed by atoms with Gasteiger partial charge in [-0.05, 0) is 35.9 Å². The summed E-state index contributed by atoms with van der Waals surface area (Å²) >= 11 is 0. The molecule has 0 bridgehead atoms. The van der Waals surface area contributed by atoms with Crippen molar-refractivity contribution in [1.82, 2.24) is 0 Å². The minimum atomic E-state index is -1.00. The fraction of sp³-hybridized carbons (Fsp3) is 0.179. The number of nitro groups is 1. The molecule has 1 N–H and O–H groups in total. The molecule has 4 aliphatic rings. The highest BCUT2D eigenvalue weighted by Gasteiger charge is 2.64. The Morgan fingerprint density at radius 1 is 0.949 bits per heavy atom. The van der Waals surface area contributed by atoms with E-state index in [0.717, 1.165) is 16.2 Å². The number of fused-ring (bicyclic) bond motifs is 6. The van der Waals surface area contributed by atoms with E-state index >= 15 is 0 Å². The van der Waals surface area contributed by atoms with Crippen molar-refractivity contribution in [3.8, 4) is 11.5 Å². The molecule has 2 fully saturated rings. The van der Waals surface area contributed by atoms with Crippen LogP contribution in [0.25, 0.3) is 6.08 Å². The molecule has 4 atom stereocenters. The van der Waals surface area contributed by atoms with Gasteiger partial charge in [-0.1, -0.05) is 30.4 Å². The van der Waals surface area contributed by atoms with Crippen LogP contribution in [0.1, 0.15) is 5.56 Å². The van der Waals surface area contributed by atoms with E-state index < -0.39 is 46.6 Å². The number of nitrogens with one attached hydrogen (secondary N) is 1. The van der Waals surface area contributed by atoms with Gasteiger partial charge in [-0.25, -0.2) is 4.90 Å². The van der Waals surface area contributed by atoms with E-state index in [2.05, 4.69) is 5.32 Å². The van der Waals surface area contributed by atoms with Gasteiger partial charge in [-0.2, -0.15) is 0 Å². The maximum absolute atomic E-state index is 14.0. The Morgan fingerprint density at radius 2 is 1.69 bits per heavy atom. The number of para-hydroxylation sites is 1. The molecule has 0 radical (unpaired) electrons. The third-order valence-electron chi connectivity index (χ3n) is 7.64. The minimum absolute atomic E-state index is 0.0536. The molecule has 39 heavy (non-hydrogen) atoms. The largest absolute Gasteiger partial charge is 0.454 e. The molecule has 0 unspecified atom stereocenters. The van der Waals surface area contributed by atoms with Crippen molar-refractivity contribution in [2.75, 3.05) is 21.9 Å². The average Bonchev–Trinajstić information content (AvgIpc) is 3.62. The third-order valence-corrected chi connectivity index (χ3v) is 7.64. The number of carbonyl (C=O) groups excluding carboxylic acids is 3. The molecule has 0 spiro atoms. The van der Waals surface area contributed by atoms with Gasteiger partial charge in [0.25, 0.3) is 5.69 Å². The van der Waals surface area contributed by atoms with Crippen LogP contribution in [-0.4, -0.2) is 41.5 Å². The molecule has 3 aromatic rings. The minimum Gasteiger partial charge on any atom is -0.454 e. The lowest BCUT2D eigenvalue weighted by Gasteiger charge is -2.36. The van der Waals surface area contributed by atoms with Crippen molar-refractivity contribution in [2.45, 2.75) is 12.1 Å². The number of hydrogen-bond acceptors (Lipinski definition) is 8. The maximum atomic E-state index is 14.0. The number of anilines is 3. The number of benzene rings is 3. The number of nitrogens with zero attached hydrogens (tertiary/aromatic N) is 3. The zero-order chi connectivity index (χ0) is 26.8. The summed E-state index contributed by atoms with van der Waals surface area (Å²) in [5.41, 5.74) is 2.20. The summed E-state index contributed by atoms with van der Waals surface area (Å²) in [6.07, 6.45) is 3.78. The Hall–Kier alpha value is -5.19. The Balaban J connectivity index is 1.28. The molecular formula is C28H20N4O7. The van der Waals surface area contributed by atoms with Gasteiger partial charge in [0.1, 0.15) is 6.04 Å². The van der Waals surface area contributed by atoms with Crippen LogP contribution >= 0.6 is 0 Å². The number of non-ortho nitro benzene ring substituents is 1. The highest BCUT2D eigenvalue weighted by Crippen LogP contribution is 2.50. The zero-order valence-corrected chi connectivity index (χ0v) is 20.2. The normalized spacial score (nSPS) is 23.9. The van der Waals surface area contributed by atoms with E-state index in [4.69, 9.17) is 9.47 Å². The van der Waals surface area contributed by atoms with E-state index in [1.54, 1.807) is 18.2 Å². The predicted molar refractivity (Wildman–Crippen MR) is 139 cm³/mol. The number of ether oxygens (including phenoxy) is 2. The van der Waals surface area contributed by atoms with Crippen molar-refractivity contribution < 1.29 is 28.8 Å². The van der Waals surface area contributed by atoms with Crippen LogP contribution in [0.5, 0.6) is 11.5 Å². The predicted octanol–water partition coefficient (Wildman–Crippen LogP) is 3.35. The summed E-state index contributed by atoms with van der Waals surface area (Å²) in [7, 11) is 0. The van der Waals surface area contributed by atoms with E-state index in [9.17, 15) is 24.5 Å². The molecule has 11 nitrogen and oxygen atoms in total. The molecule has 0 aromatic heterocycles. The Kier molecular flexibility index (Phi) is 4.96. The van der Waals surface area contributed by atoms with E-state index in [1.165, 1.54) is 24.3 Å². The lowest BCUT2D eigenvalue weighted by molar-refractivity contribution is -0.384. The number of rotatable bonds is 4. The molecule has 3 aromatic carbocycles. The molecule has 11 heteroatoms. The first-order valence-corrected chi connectivity index (χ1v) is 12.3. The second-order valence-corrected chi connectivity index (χ2v) is 9.65. The number of carbonyl (C=O) groups is 3. The fourth-order valence-corrected chi connectivity index (χ4v) is 5.98. The lowest BCUT2D eigenvalue weighted by atomic mass is 9.88. The fourth-order valence-electron chi connectivity index (χ4n) is 5.98. The zero-order valence-electron chi connectivity index (χ0n) is 20.2. The van der Waals surface area contributed by atoms with Gasteiger partial charge in [-0.3, -0.25) is 24.5 Å². The topological polar surface area (TPSA) is 131 Å². The highest BCUT2D eigenvalue weighted by atomic mass is 16.7.